The third-order valence-corrected chi connectivity index (χ3v) is 4.14. The predicted octanol–water partition coefficient (Wildman–Crippen LogP) is 2.25. The zero-order valence-corrected chi connectivity index (χ0v) is 14.8. The molecule has 0 radical (unpaired) electrons. The van der Waals surface area contributed by atoms with Crippen LogP contribution in [0.4, 0.5) is 14.9 Å². The van der Waals surface area contributed by atoms with Crippen molar-refractivity contribution in [1.82, 2.24) is 15.5 Å². The number of nitrogens with one attached hydrogen (secondary N) is 3. The number of nitrogens with zero attached hydrogens (tertiary/aromatic N) is 1. The highest BCUT2D eigenvalue weighted by Crippen LogP contribution is 2.21. The molecule has 0 fully saturated rings. The Hall–Kier alpha value is -3.75. The van der Waals surface area contributed by atoms with E-state index in [9.17, 15) is 18.8 Å². The highest BCUT2D eigenvalue weighted by molar-refractivity contribution is 5.92. The molecule has 0 saturated carbocycles. The normalized spacial score (nSPS) is 11.8. The molecule has 3 aromatic rings. The third kappa shape index (κ3) is 4.14. The number of benzene rings is 2. The van der Waals surface area contributed by atoms with Gasteiger partial charge in [-0.1, -0.05) is 24.3 Å². The van der Waals surface area contributed by atoms with Crippen LogP contribution >= 0.6 is 0 Å². The van der Waals surface area contributed by atoms with Crippen LogP contribution in [0.3, 0.4) is 0 Å². The number of aromatic amines is 1. The minimum atomic E-state index is -1.21. The summed E-state index contributed by atoms with van der Waals surface area (Å²) in [5.74, 6) is -1.87. The van der Waals surface area contributed by atoms with Crippen molar-refractivity contribution in [3.63, 3.8) is 0 Å². The standard InChI is InChI=1S/C19H17FN4O4/c1-10(18(26)27)21-19(28)22-16-9-11(6-7-14(16)20)8-15-12-4-2-3-5-13(12)17(25)24-23-15/h2-7,9-10H,8H2,1H3,(H,24,25)(H,26,27)(H2,21,22,28). The Morgan fingerprint density at radius 3 is 2.64 bits per heavy atom. The molecule has 0 bridgehead atoms. The van der Waals surface area contributed by atoms with Gasteiger partial charge in [0.25, 0.3) is 5.56 Å². The molecule has 1 aromatic heterocycles. The summed E-state index contributed by atoms with van der Waals surface area (Å²) in [5.41, 5.74) is 0.843. The van der Waals surface area contributed by atoms with Crippen LogP contribution in [0.25, 0.3) is 10.8 Å². The fourth-order valence-electron chi connectivity index (χ4n) is 2.69. The van der Waals surface area contributed by atoms with Gasteiger partial charge in [0.05, 0.1) is 16.8 Å². The van der Waals surface area contributed by atoms with Gasteiger partial charge in [-0.15, -0.1) is 0 Å². The summed E-state index contributed by atoms with van der Waals surface area (Å²) in [5, 5.41) is 21.0. The number of aliphatic carboxylic acids is 1. The van der Waals surface area contributed by atoms with E-state index in [0.717, 1.165) is 0 Å². The van der Waals surface area contributed by atoms with Crippen LogP contribution in [0.2, 0.25) is 0 Å². The predicted molar refractivity (Wildman–Crippen MR) is 101 cm³/mol. The average Bonchev–Trinajstić information content (AvgIpc) is 2.66. The minimum Gasteiger partial charge on any atom is -0.480 e. The van der Waals surface area contributed by atoms with Crippen molar-refractivity contribution in [3.05, 3.63) is 69.9 Å². The lowest BCUT2D eigenvalue weighted by molar-refractivity contribution is -0.138. The van der Waals surface area contributed by atoms with Gasteiger partial charge in [0.15, 0.2) is 0 Å². The third-order valence-electron chi connectivity index (χ3n) is 4.14. The largest absolute Gasteiger partial charge is 0.480 e. The fourth-order valence-corrected chi connectivity index (χ4v) is 2.69. The first kappa shape index (κ1) is 19.0. The van der Waals surface area contributed by atoms with Crippen molar-refractivity contribution in [1.29, 1.82) is 0 Å². The number of carbonyl (C=O) groups excluding carboxylic acids is 1. The van der Waals surface area contributed by atoms with Gasteiger partial charge in [0.2, 0.25) is 0 Å². The zero-order valence-electron chi connectivity index (χ0n) is 14.8. The monoisotopic (exact) mass is 384 g/mol. The van der Waals surface area contributed by atoms with Crippen LogP contribution < -0.4 is 16.2 Å². The molecule has 0 saturated heterocycles. The van der Waals surface area contributed by atoms with Gasteiger partial charge in [-0.05, 0) is 30.7 Å². The van der Waals surface area contributed by atoms with Crippen LogP contribution in [0, 0.1) is 5.82 Å². The Labute approximate surface area is 158 Å². The molecule has 2 amide bonds. The van der Waals surface area contributed by atoms with E-state index in [4.69, 9.17) is 5.11 Å². The quantitative estimate of drug-likeness (QED) is 0.537. The molecule has 3 rings (SSSR count). The Balaban J connectivity index is 1.84. The number of urea groups is 1. The topological polar surface area (TPSA) is 124 Å². The molecule has 1 heterocycles. The lowest BCUT2D eigenvalue weighted by atomic mass is 10.0. The molecule has 0 spiro atoms. The van der Waals surface area contributed by atoms with Crippen LogP contribution in [0.15, 0.2) is 47.3 Å². The van der Waals surface area contributed by atoms with Gasteiger partial charge < -0.3 is 15.7 Å². The Bertz CT molecular complexity index is 1110. The average molecular weight is 384 g/mol. The number of hydrogen-bond donors (Lipinski definition) is 4. The van der Waals surface area contributed by atoms with E-state index >= 15 is 0 Å². The Kier molecular flexibility index (Phi) is 5.35. The molecule has 4 N–H and O–H groups in total. The number of carboxylic acids is 1. The van der Waals surface area contributed by atoms with Crippen LogP contribution in [-0.2, 0) is 11.2 Å². The second kappa shape index (κ2) is 7.87. The van der Waals surface area contributed by atoms with E-state index in [1.807, 2.05) is 0 Å². The molecule has 1 unspecified atom stereocenters. The fraction of sp³-hybridized carbons (Fsp3) is 0.158. The summed E-state index contributed by atoms with van der Waals surface area (Å²) in [6.45, 7) is 1.29. The molecular weight excluding hydrogens is 367 g/mol. The van der Waals surface area contributed by atoms with Gasteiger partial charge in [-0.3, -0.25) is 9.59 Å². The van der Waals surface area contributed by atoms with Gasteiger partial charge in [-0.2, -0.15) is 5.10 Å². The van der Waals surface area contributed by atoms with Gasteiger partial charge in [-0.25, -0.2) is 14.3 Å². The molecule has 144 valence electrons. The number of carboxylic acid groups (broad SMARTS) is 1. The number of aromatic nitrogens is 2. The number of rotatable bonds is 5. The lowest BCUT2D eigenvalue weighted by Gasteiger charge is -2.12. The molecule has 2 aromatic carbocycles. The van der Waals surface area contributed by atoms with Crippen LogP contribution in [0.5, 0.6) is 0 Å². The van der Waals surface area contributed by atoms with E-state index in [-0.39, 0.29) is 11.2 Å². The molecule has 8 nitrogen and oxygen atoms in total. The Morgan fingerprint density at radius 2 is 1.93 bits per heavy atom. The van der Waals surface area contributed by atoms with Crippen molar-refractivity contribution in [2.45, 2.75) is 19.4 Å². The summed E-state index contributed by atoms with van der Waals surface area (Å²) in [6, 6.07) is 9.21. The highest BCUT2D eigenvalue weighted by atomic mass is 19.1. The summed E-state index contributed by atoms with van der Waals surface area (Å²) < 4.78 is 14.0. The van der Waals surface area contributed by atoms with E-state index in [1.165, 1.54) is 19.1 Å². The van der Waals surface area contributed by atoms with E-state index in [1.54, 1.807) is 30.3 Å². The first-order valence-corrected chi connectivity index (χ1v) is 8.40. The second-order valence-corrected chi connectivity index (χ2v) is 6.19. The first-order valence-electron chi connectivity index (χ1n) is 8.40. The van der Waals surface area contributed by atoms with Crippen LogP contribution in [-0.4, -0.2) is 33.3 Å². The van der Waals surface area contributed by atoms with Crippen molar-refractivity contribution in [2.24, 2.45) is 0 Å². The minimum absolute atomic E-state index is 0.0960. The van der Waals surface area contributed by atoms with Gasteiger partial charge in [0, 0.05) is 11.8 Å². The first-order chi connectivity index (χ1) is 13.3. The van der Waals surface area contributed by atoms with Gasteiger partial charge in [0.1, 0.15) is 11.9 Å². The van der Waals surface area contributed by atoms with Crippen molar-refractivity contribution >= 4 is 28.5 Å². The summed E-state index contributed by atoms with van der Waals surface area (Å²) in [7, 11) is 0. The highest BCUT2D eigenvalue weighted by Gasteiger charge is 2.15. The number of halogens is 1. The van der Waals surface area contributed by atoms with Crippen molar-refractivity contribution in [2.75, 3.05) is 5.32 Å². The zero-order chi connectivity index (χ0) is 20.3. The molecule has 28 heavy (non-hydrogen) atoms. The molecule has 0 aliphatic rings. The maximum absolute atomic E-state index is 14.0. The van der Waals surface area contributed by atoms with E-state index in [0.29, 0.717) is 28.5 Å². The van der Waals surface area contributed by atoms with Crippen molar-refractivity contribution < 1.29 is 19.1 Å². The lowest BCUT2D eigenvalue weighted by Crippen LogP contribution is -2.41. The number of anilines is 1. The molecule has 9 heteroatoms. The van der Waals surface area contributed by atoms with Crippen LogP contribution in [0.1, 0.15) is 18.2 Å². The number of carbonyl (C=O) groups is 2. The smallest absolute Gasteiger partial charge is 0.325 e. The summed E-state index contributed by atoms with van der Waals surface area (Å²) >= 11 is 0. The number of amides is 2. The molecule has 1 atom stereocenters. The molecular formula is C19H17FN4O4. The molecule has 0 aliphatic heterocycles. The number of fused-ring (bicyclic) bond motifs is 1. The maximum atomic E-state index is 14.0. The molecule has 0 aliphatic carbocycles. The Morgan fingerprint density at radius 1 is 1.21 bits per heavy atom. The SMILES string of the molecule is CC(NC(=O)Nc1cc(Cc2n[nH]c(=O)c3ccccc23)ccc1F)C(=O)O. The maximum Gasteiger partial charge on any atom is 0.325 e. The van der Waals surface area contributed by atoms with Gasteiger partial charge >= 0.3 is 12.0 Å². The summed E-state index contributed by atoms with van der Waals surface area (Å²) in [4.78, 5) is 34.5. The van der Waals surface area contributed by atoms with E-state index in [2.05, 4.69) is 20.8 Å². The summed E-state index contributed by atoms with van der Waals surface area (Å²) in [6.07, 6.45) is 0.291. The number of H-pyrrole nitrogens is 1. The van der Waals surface area contributed by atoms with E-state index < -0.39 is 23.9 Å². The van der Waals surface area contributed by atoms with Crippen molar-refractivity contribution in [3.8, 4) is 0 Å². The number of hydrogen-bond acceptors (Lipinski definition) is 4. The second-order valence-electron chi connectivity index (χ2n) is 6.19.